The summed E-state index contributed by atoms with van der Waals surface area (Å²) in [7, 11) is 1.73. The molecule has 0 heterocycles. The lowest BCUT2D eigenvalue weighted by Crippen LogP contribution is -2.43. The molecule has 0 fully saturated rings. The summed E-state index contributed by atoms with van der Waals surface area (Å²) >= 11 is 3.49. The normalized spacial score (nSPS) is 16.5. The largest absolute Gasteiger partial charge is 0.383 e. The number of ether oxygens (including phenoxy) is 1. The maximum atomic E-state index is 5.05. The third-order valence-corrected chi connectivity index (χ3v) is 2.58. The van der Waals surface area contributed by atoms with E-state index in [9.17, 15) is 0 Å². The van der Waals surface area contributed by atoms with Gasteiger partial charge in [-0.2, -0.15) is 0 Å². The molecular weight excluding hydrogens is 218 g/mol. The minimum atomic E-state index is 0.431. The average molecular weight is 238 g/mol. The Morgan fingerprint density at radius 3 is 2.25 bits per heavy atom. The standard InChI is InChI=1S/C9H20BrNO/c1-7(2)9(5-10)11-8(3)6-12-4/h7-9,11H,5-6H2,1-4H3. The Kier molecular flexibility index (Phi) is 7.10. The minimum Gasteiger partial charge on any atom is -0.383 e. The van der Waals surface area contributed by atoms with Crippen molar-refractivity contribution in [2.45, 2.75) is 32.9 Å². The van der Waals surface area contributed by atoms with Crippen molar-refractivity contribution in [2.24, 2.45) is 5.92 Å². The van der Waals surface area contributed by atoms with Gasteiger partial charge in [0.05, 0.1) is 6.61 Å². The molecule has 0 bridgehead atoms. The van der Waals surface area contributed by atoms with Gasteiger partial charge in [0.2, 0.25) is 0 Å². The summed E-state index contributed by atoms with van der Waals surface area (Å²) in [4.78, 5) is 0. The molecule has 0 saturated heterocycles. The number of alkyl halides is 1. The molecule has 2 atom stereocenters. The molecule has 0 aromatic heterocycles. The topological polar surface area (TPSA) is 21.3 Å². The van der Waals surface area contributed by atoms with Crippen LogP contribution in [0, 0.1) is 5.92 Å². The number of hydrogen-bond acceptors (Lipinski definition) is 2. The van der Waals surface area contributed by atoms with Gasteiger partial charge < -0.3 is 10.1 Å². The molecule has 0 rings (SSSR count). The fraction of sp³-hybridized carbons (Fsp3) is 1.00. The summed E-state index contributed by atoms with van der Waals surface area (Å²) in [6, 6.07) is 0.968. The molecule has 0 radical (unpaired) electrons. The minimum absolute atomic E-state index is 0.431. The van der Waals surface area contributed by atoms with E-state index in [-0.39, 0.29) is 0 Å². The van der Waals surface area contributed by atoms with Gasteiger partial charge in [0.15, 0.2) is 0 Å². The van der Waals surface area contributed by atoms with Gasteiger partial charge >= 0.3 is 0 Å². The molecule has 0 aliphatic rings. The van der Waals surface area contributed by atoms with Crippen LogP contribution in [0.15, 0.2) is 0 Å². The quantitative estimate of drug-likeness (QED) is 0.715. The summed E-state index contributed by atoms with van der Waals surface area (Å²) in [5.74, 6) is 0.656. The Labute approximate surface area is 84.2 Å². The highest BCUT2D eigenvalue weighted by atomic mass is 79.9. The molecule has 0 amide bonds. The van der Waals surface area contributed by atoms with Crippen molar-refractivity contribution in [1.82, 2.24) is 5.32 Å². The second kappa shape index (κ2) is 6.87. The van der Waals surface area contributed by atoms with Gasteiger partial charge in [-0.05, 0) is 12.8 Å². The monoisotopic (exact) mass is 237 g/mol. The molecule has 2 nitrogen and oxygen atoms in total. The highest BCUT2D eigenvalue weighted by molar-refractivity contribution is 9.09. The van der Waals surface area contributed by atoms with Crippen molar-refractivity contribution in [1.29, 1.82) is 0 Å². The van der Waals surface area contributed by atoms with Crippen LogP contribution in [-0.4, -0.2) is 31.1 Å². The van der Waals surface area contributed by atoms with Gasteiger partial charge in [0.1, 0.15) is 0 Å². The van der Waals surface area contributed by atoms with Gasteiger partial charge in [-0.15, -0.1) is 0 Å². The first-order valence-electron chi connectivity index (χ1n) is 4.42. The van der Waals surface area contributed by atoms with Crippen molar-refractivity contribution in [3.8, 4) is 0 Å². The number of hydrogen-bond donors (Lipinski definition) is 1. The van der Waals surface area contributed by atoms with E-state index in [1.165, 1.54) is 0 Å². The Morgan fingerprint density at radius 1 is 1.33 bits per heavy atom. The fourth-order valence-electron chi connectivity index (χ4n) is 1.08. The van der Waals surface area contributed by atoms with Gasteiger partial charge in [-0.3, -0.25) is 0 Å². The van der Waals surface area contributed by atoms with Crippen LogP contribution in [0.25, 0.3) is 0 Å². The van der Waals surface area contributed by atoms with Gasteiger partial charge in [-0.25, -0.2) is 0 Å². The van der Waals surface area contributed by atoms with Crippen LogP contribution in [0.2, 0.25) is 0 Å². The highest BCUT2D eigenvalue weighted by Gasteiger charge is 2.13. The van der Waals surface area contributed by atoms with E-state index in [0.717, 1.165) is 11.9 Å². The maximum absolute atomic E-state index is 5.05. The summed E-state index contributed by atoms with van der Waals surface area (Å²) in [5, 5.41) is 4.49. The van der Waals surface area contributed by atoms with E-state index in [1.54, 1.807) is 7.11 Å². The second-order valence-electron chi connectivity index (χ2n) is 3.53. The Bertz CT molecular complexity index is 109. The molecule has 0 aliphatic heterocycles. The zero-order chi connectivity index (χ0) is 9.56. The molecule has 0 spiro atoms. The number of methoxy groups -OCH3 is 1. The first-order valence-corrected chi connectivity index (χ1v) is 5.54. The Hall–Kier alpha value is 0.400. The number of nitrogens with one attached hydrogen (secondary N) is 1. The van der Waals surface area contributed by atoms with Crippen LogP contribution in [0.4, 0.5) is 0 Å². The van der Waals surface area contributed by atoms with Crippen molar-refractivity contribution >= 4 is 15.9 Å². The van der Waals surface area contributed by atoms with Gasteiger partial charge in [-0.1, -0.05) is 29.8 Å². The van der Waals surface area contributed by atoms with E-state index in [1.807, 2.05) is 0 Å². The lowest BCUT2D eigenvalue weighted by Gasteiger charge is -2.24. The van der Waals surface area contributed by atoms with E-state index >= 15 is 0 Å². The van der Waals surface area contributed by atoms with Crippen molar-refractivity contribution < 1.29 is 4.74 Å². The molecule has 0 aromatic rings. The van der Waals surface area contributed by atoms with Crippen LogP contribution in [-0.2, 0) is 4.74 Å². The van der Waals surface area contributed by atoms with Crippen molar-refractivity contribution in [3.63, 3.8) is 0 Å². The Balaban J connectivity index is 3.69. The molecule has 0 saturated carbocycles. The van der Waals surface area contributed by atoms with E-state index < -0.39 is 0 Å². The lowest BCUT2D eigenvalue weighted by molar-refractivity contribution is 0.164. The SMILES string of the molecule is COCC(C)NC(CBr)C(C)C. The van der Waals surface area contributed by atoms with Crippen LogP contribution < -0.4 is 5.32 Å². The zero-order valence-electron chi connectivity index (χ0n) is 8.43. The first kappa shape index (κ1) is 12.4. The molecular formula is C9H20BrNO. The second-order valence-corrected chi connectivity index (χ2v) is 4.18. The summed E-state index contributed by atoms with van der Waals surface area (Å²) in [6.45, 7) is 7.36. The molecule has 0 aliphatic carbocycles. The van der Waals surface area contributed by atoms with Crippen LogP contribution >= 0.6 is 15.9 Å². The van der Waals surface area contributed by atoms with Gasteiger partial charge in [0, 0.05) is 24.5 Å². The predicted molar refractivity (Wildman–Crippen MR) is 56.9 cm³/mol. The van der Waals surface area contributed by atoms with Crippen LogP contribution in [0.5, 0.6) is 0 Å². The fourth-order valence-corrected chi connectivity index (χ4v) is 2.01. The molecule has 1 N–H and O–H groups in total. The summed E-state index contributed by atoms with van der Waals surface area (Å²) in [5.41, 5.74) is 0. The third kappa shape index (κ3) is 5.12. The first-order chi connectivity index (χ1) is 5.61. The molecule has 74 valence electrons. The maximum Gasteiger partial charge on any atom is 0.0613 e. The third-order valence-electron chi connectivity index (χ3n) is 1.89. The smallest absolute Gasteiger partial charge is 0.0613 e. The number of rotatable bonds is 6. The lowest BCUT2D eigenvalue weighted by atomic mass is 10.1. The van der Waals surface area contributed by atoms with Gasteiger partial charge in [0.25, 0.3) is 0 Å². The highest BCUT2D eigenvalue weighted by Crippen LogP contribution is 2.05. The summed E-state index contributed by atoms with van der Waals surface area (Å²) < 4.78 is 5.05. The molecule has 2 unspecified atom stereocenters. The predicted octanol–water partition coefficient (Wildman–Crippen LogP) is 2.03. The Morgan fingerprint density at radius 2 is 1.92 bits per heavy atom. The molecule has 12 heavy (non-hydrogen) atoms. The van der Waals surface area contributed by atoms with Crippen molar-refractivity contribution in [3.05, 3.63) is 0 Å². The number of halogens is 1. The van der Waals surface area contributed by atoms with Crippen LogP contribution in [0.3, 0.4) is 0 Å². The van der Waals surface area contributed by atoms with Crippen molar-refractivity contribution in [2.75, 3.05) is 19.0 Å². The van der Waals surface area contributed by atoms with E-state index in [0.29, 0.717) is 18.0 Å². The zero-order valence-corrected chi connectivity index (χ0v) is 10.0. The van der Waals surface area contributed by atoms with E-state index in [4.69, 9.17) is 4.74 Å². The van der Waals surface area contributed by atoms with Crippen LogP contribution in [0.1, 0.15) is 20.8 Å². The molecule has 3 heteroatoms. The molecule has 0 aromatic carbocycles. The van der Waals surface area contributed by atoms with E-state index in [2.05, 4.69) is 42.0 Å². The summed E-state index contributed by atoms with van der Waals surface area (Å²) in [6.07, 6.45) is 0. The average Bonchev–Trinajstić information content (AvgIpc) is 2.00.